The van der Waals surface area contributed by atoms with Crippen LogP contribution in [0.1, 0.15) is 17.3 Å². The summed E-state index contributed by atoms with van der Waals surface area (Å²) in [7, 11) is -1.94. The lowest BCUT2D eigenvalue weighted by atomic mass is 10.0. The van der Waals surface area contributed by atoms with E-state index < -0.39 is 10.0 Å². The van der Waals surface area contributed by atoms with Crippen LogP contribution in [0.4, 0.5) is 28.4 Å². The molecule has 0 saturated carbocycles. The van der Waals surface area contributed by atoms with Gasteiger partial charge in [-0.25, -0.2) is 8.42 Å². The Labute approximate surface area is 186 Å². The monoisotopic (exact) mass is 450 g/mol. The van der Waals surface area contributed by atoms with Crippen molar-refractivity contribution in [2.75, 3.05) is 33.6 Å². The highest BCUT2D eigenvalue weighted by Crippen LogP contribution is 2.38. The smallest absolute Gasteiger partial charge is 0.257 e. The number of anilines is 5. The van der Waals surface area contributed by atoms with Crippen molar-refractivity contribution < 1.29 is 18.0 Å². The summed E-state index contributed by atoms with van der Waals surface area (Å²) in [5, 5.41) is 8.83. The van der Waals surface area contributed by atoms with E-state index in [0.29, 0.717) is 34.0 Å². The standard InChI is InChI=1S/C23H22N4O4S/c1-14(28)24-16-9-11-19-21(13-16)26-23(29)18-10-8-15(12-20(18)25-19)17-6-4-5-7-22(17)27(2)32(3,30)31/h4-13,25H,1-3H3,(H,24,28)(H,26,29). The van der Waals surface area contributed by atoms with Crippen LogP contribution in [-0.2, 0) is 14.8 Å². The molecule has 0 fully saturated rings. The normalized spacial score (nSPS) is 12.5. The zero-order valence-electron chi connectivity index (χ0n) is 17.8. The molecule has 4 rings (SSSR count). The van der Waals surface area contributed by atoms with Gasteiger partial charge in [0.2, 0.25) is 15.9 Å². The van der Waals surface area contributed by atoms with Crippen molar-refractivity contribution in [1.29, 1.82) is 0 Å². The van der Waals surface area contributed by atoms with Crippen molar-refractivity contribution in [3.63, 3.8) is 0 Å². The second kappa shape index (κ2) is 8.01. The van der Waals surface area contributed by atoms with Gasteiger partial charge in [0, 0.05) is 25.2 Å². The molecular weight excluding hydrogens is 428 g/mol. The fourth-order valence-electron chi connectivity index (χ4n) is 3.56. The summed E-state index contributed by atoms with van der Waals surface area (Å²) in [5.41, 5.74) is 4.82. The fourth-order valence-corrected chi connectivity index (χ4v) is 4.07. The van der Waals surface area contributed by atoms with Crippen LogP contribution in [-0.4, -0.2) is 33.5 Å². The van der Waals surface area contributed by atoms with Gasteiger partial charge in [-0.2, -0.15) is 0 Å². The van der Waals surface area contributed by atoms with Crippen LogP contribution in [0.5, 0.6) is 0 Å². The number of amides is 2. The number of carbonyl (C=O) groups excluding carboxylic acids is 2. The number of benzene rings is 3. The Bertz CT molecular complexity index is 1350. The van der Waals surface area contributed by atoms with Crippen LogP contribution in [0.15, 0.2) is 60.7 Å². The van der Waals surface area contributed by atoms with Gasteiger partial charge in [0.15, 0.2) is 0 Å². The van der Waals surface area contributed by atoms with Crippen LogP contribution in [0.2, 0.25) is 0 Å². The number of nitrogens with zero attached hydrogens (tertiary/aromatic N) is 1. The first kappa shape index (κ1) is 21.4. The number of hydrogen-bond donors (Lipinski definition) is 3. The molecule has 0 saturated heterocycles. The molecule has 32 heavy (non-hydrogen) atoms. The van der Waals surface area contributed by atoms with E-state index in [1.807, 2.05) is 18.2 Å². The van der Waals surface area contributed by atoms with Crippen LogP contribution >= 0.6 is 0 Å². The first-order chi connectivity index (χ1) is 15.1. The van der Waals surface area contributed by atoms with E-state index in [-0.39, 0.29) is 11.8 Å². The molecule has 2 amide bonds. The second-order valence-electron chi connectivity index (χ2n) is 7.53. The first-order valence-corrected chi connectivity index (χ1v) is 11.7. The summed E-state index contributed by atoms with van der Waals surface area (Å²) in [4.78, 5) is 24.2. The SMILES string of the molecule is CC(=O)Nc1ccc2c(c1)NC(=O)c1ccc(-c3ccccc3N(C)S(C)(=O)=O)cc1N2. The second-order valence-corrected chi connectivity index (χ2v) is 9.54. The lowest BCUT2D eigenvalue weighted by Crippen LogP contribution is -2.25. The quantitative estimate of drug-likeness (QED) is 0.557. The lowest BCUT2D eigenvalue weighted by Gasteiger charge is -2.21. The Morgan fingerprint density at radius 1 is 0.906 bits per heavy atom. The Morgan fingerprint density at radius 2 is 1.66 bits per heavy atom. The Hall–Kier alpha value is -3.85. The minimum absolute atomic E-state index is 0.205. The predicted octanol–water partition coefficient (Wildman–Crippen LogP) is 4.02. The van der Waals surface area contributed by atoms with E-state index in [1.54, 1.807) is 42.5 Å². The summed E-state index contributed by atoms with van der Waals surface area (Å²) in [6.45, 7) is 1.42. The average Bonchev–Trinajstić information content (AvgIpc) is 2.87. The molecule has 164 valence electrons. The first-order valence-electron chi connectivity index (χ1n) is 9.81. The molecule has 0 aromatic heterocycles. The topological polar surface area (TPSA) is 108 Å². The summed E-state index contributed by atoms with van der Waals surface area (Å²) in [6, 6.07) is 17.7. The van der Waals surface area contributed by atoms with E-state index in [0.717, 1.165) is 17.4 Å². The van der Waals surface area contributed by atoms with Gasteiger partial charge in [-0.05, 0) is 42.0 Å². The molecular formula is C23H22N4O4S. The van der Waals surface area contributed by atoms with Crippen LogP contribution in [0, 0.1) is 0 Å². The highest BCUT2D eigenvalue weighted by Gasteiger charge is 2.22. The molecule has 1 heterocycles. The van der Waals surface area contributed by atoms with Crippen LogP contribution < -0.4 is 20.3 Å². The maximum Gasteiger partial charge on any atom is 0.257 e. The largest absolute Gasteiger partial charge is 0.353 e. The zero-order chi connectivity index (χ0) is 23.0. The summed E-state index contributed by atoms with van der Waals surface area (Å²) in [6.07, 6.45) is 1.15. The molecule has 3 aromatic rings. The van der Waals surface area contributed by atoms with Crippen molar-refractivity contribution >= 4 is 50.3 Å². The minimum atomic E-state index is -3.45. The highest BCUT2D eigenvalue weighted by atomic mass is 32.2. The van der Waals surface area contributed by atoms with Crippen LogP contribution in [0.3, 0.4) is 0 Å². The molecule has 0 unspecified atom stereocenters. The number of para-hydroxylation sites is 1. The number of rotatable bonds is 4. The third kappa shape index (κ3) is 4.15. The predicted molar refractivity (Wildman–Crippen MR) is 127 cm³/mol. The molecule has 3 N–H and O–H groups in total. The van der Waals surface area contributed by atoms with E-state index in [4.69, 9.17) is 0 Å². The molecule has 9 heteroatoms. The number of sulfonamides is 1. The van der Waals surface area contributed by atoms with Gasteiger partial charge in [-0.15, -0.1) is 0 Å². The summed E-state index contributed by atoms with van der Waals surface area (Å²) < 4.78 is 25.4. The number of nitrogens with one attached hydrogen (secondary N) is 3. The molecule has 0 radical (unpaired) electrons. The molecule has 0 bridgehead atoms. The van der Waals surface area contributed by atoms with Gasteiger partial charge < -0.3 is 16.0 Å². The van der Waals surface area contributed by atoms with Gasteiger partial charge >= 0.3 is 0 Å². The number of carbonyl (C=O) groups is 2. The average molecular weight is 451 g/mol. The van der Waals surface area contributed by atoms with E-state index in [1.165, 1.54) is 18.3 Å². The lowest BCUT2D eigenvalue weighted by molar-refractivity contribution is -0.114. The zero-order valence-corrected chi connectivity index (χ0v) is 18.6. The van der Waals surface area contributed by atoms with E-state index >= 15 is 0 Å². The van der Waals surface area contributed by atoms with Gasteiger partial charge in [-0.1, -0.05) is 24.3 Å². The van der Waals surface area contributed by atoms with Crippen molar-refractivity contribution in [2.24, 2.45) is 0 Å². The minimum Gasteiger partial charge on any atom is -0.353 e. The van der Waals surface area contributed by atoms with Crippen molar-refractivity contribution in [3.8, 4) is 11.1 Å². The van der Waals surface area contributed by atoms with E-state index in [2.05, 4.69) is 16.0 Å². The molecule has 0 spiro atoms. The highest BCUT2D eigenvalue weighted by molar-refractivity contribution is 7.92. The van der Waals surface area contributed by atoms with Crippen molar-refractivity contribution in [2.45, 2.75) is 6.92 Å². The molecule has 3 aromatic carbocycles. The van der Waals surface area contributed by atoms with E-state index in [9.17, 15) is 18.0 Å². The summed E-state index contributed by atoms with van der Waals surface area (Å²) in [5.74, 6) is -0.497. The van der Waals surface area contributed by atoms with Gasteiger partial charge in [-0.3, -0.25) is 13.9 Å². The molecule has 1 aliphatic rings. The Balaban J connectivity index is 1.77. The summed E-state index contributed by atoms with van der Waals surface area (Å²) >= 11 is 0. The molecule has 8 nitrogen and oxygen atoms in total. The van der Waals surface area contributed by atoms with Gasteiger partial charge in [0.05, 0.1) is 34.6 Å². The molecule has 1 aliphatic heterocycles. The Kier molecular flexibility index (Phi) is 5.35. The van der Waals surface area contributed by atoms with Crippen molar-refractivity contribution in [3.05, 3.63) is 66.2 Å². The number of hydrogen-bond acceptors (Lipinski definition) is 5. The maximum atomic E-state index is 12.8. The molecule has 0 aliphatic carbocycles. The van der Waals surface area contributed by atoms with Crippen molar-refractivity contribution in [1.82, 2.24) is 0 Å². The van der Waals surface area contributed by atoms with Crippen LogP contribution in [0.25, 0.3) is 11.1 Å². The Morgan fingerprint density at radius 3 is 2.38 bits per heavy atom. The van der Waals surface area contributed by atoms with Gasteiger partial charge in [0.1, 0.15) is 0 Å². The molecule has 0 atom stereocenters. The number of fused-ring (bicyclic) bond motifs is 2. The maximum absolute atomic E-state index is 12.8. The van der Waals surface area contributed by atoms with Gasteiger partial charge in [0.25, 0.3) is 5.91 Å². The third-order valence-electron chi connectivity index (χ3n) is 5.17. The fraction of sp³-hybridized carbons (Fsp3) is 0.130. The third-order valence-corrected chi connectivity index (χ3v) is 6.37.